The van der Waals surface area contributed by atoms with Gasteiger partial charge in [0.25, 0.3) is 0 Å². The van der Waals surface area contributed by atoms with Gasteiger partial charge in [0.05, 0.1) is 0 Å². The van der Waals surface area contributed by atoms with E-state index in [1.165, 1.54) is 45.3 Å². The zero-order chi connectivity index (χ0) is 9.97. The summed E-state index contributed by atoms with van der Waals surface area (Å²) >= 11 is 0. The molecule has 2 rings (SSSR count). The summed E-state index contributed by atoms with van der Waals surface area (Å²) < 4.78 is 0. The van der Waals surface area contributed by atoms with E-state index in [0.29, 0.717) is 0 Å². The molecule has 2 nitrogen and oxygen atoms in total. The molecule has 0 aromatic heterocycles. The van der Waals surface area contributed by atoms with E-state index in [1.807, 2.05) is 0 Å². The molecule has 1 N–H and O–H groups in total. The Kier molecular flexibility index (Phi) is 3.45. The minimum Gasteiger partial charge on any atom is -0.314 e. The molecule has 0 aromatic rings. The Labute approximate surface area is 88.1 Å². The summed E-state index contributed by atoms with van der Waals surface area (Å²) in [6, 6.07) is 1.74. The van der Waals surface area contributed by atoms with E-state index in [1.54, 1.807) is 0 Å². The Morgan fingerprint density at radius 3 is 2.57 bits per heavy atom. The highest BCUT2D eigenvalue weighted by Crippen LogP contribution is 2.27. The van der Waals surface area contributed by atoms with Crippen LogP contribution in [0.3, 0.4) is 0 Å². The Balaban J connectivity index is 1.69. The lowest BCUT2D eigenvalue weighted by molar-refractivity contribution is 0.254. The quantitative estimate of drug-likeness (QED) is 0.722. The van der Waals surface area contributed by atoms with Gasteiger partial charge in [0.15, 0.2) is 0 Å². The molecule has 2 heteroatoms. The maximum atomic E-state index is 3.62. The summed E-state index contributed by atoms with van der Waals surface area (Å²) in [7, 11) is 0. The second-order valence-electron chi connectivity index (χ2n) is 4.98. The van der Waals surface area contributed by atoms with Crippen molar-refractivity contribution in [2.24, 2.45) is 5.92 Å². The van der Waals surface area contributed by atoms with E-state index in [2.05, 4.69) is 24.1 Å². The number of nitrogens with one attached hydrogen (secondary N) is 1. The van der Waals surface area contributed by atoms with Gasteiger partial charge in [-0.15, -0.1) is 0 Å². The molecule has 2 unspecified atom stereocenters. The minimum absolute atomic E-state index is 0.794. The monoisotopic (exact) mass is 196 g/mol. The molecule has 2 aliphatic rings. The molecule has 0 radical (unpaired) electrons. The molecule has 1 saturated heterocycles. The first-order valence-corrected chi connectivity index (χ1v) is 6.28. The predicted octanol–water partition coefficient (Wildman–Crippen LogP) is 1.86. The van der Waals surface area contributed by atoms with Gasteiger partial charge in [-0.25, -0.2) is 0 Å². The fourth-order valence-electron chi connectivity index (χ4n) is 2.63. The van der Waals surface area contributed by atoms with Crippen LogP contribution in [0, 0.1) is 5.92 Å². The summed E-state index contributed by atoms with van der Waals surface area (Å²) in [6.07, 6.45) is 5.62. The van der Waals surface area contributed by atoms with Crippen molar-refractivity contribution in [3.8, 4) is 0 Å². The first kappa shape index (κ1) is 10.4. The minimum atomic E-state index is 0.794. The molecule has 1 heterocycles. The van der Waals surface area contributed by atoms with E-state index in [4.69, 9.17) is 0 Å². The fourth-order valence-corrected chi connectivity index (χ4v) is 2.63. The maximum absolute atomic E-state index is 3.62. The molecule has 1 aliphatic carbocycles. The van der Waals surface area contributed by atoms with Crippen LogP contribution in [0.1, 0.15) is 39.5 Å². The van der Waals surface area contributed by atoms with Gasteiger partial charge in [0.1, 0.15) is 0 Å². The topological polar surface area (TPSA) is 15.3 Å². The van der Waals surface area contributed by atoms with Crippen molar-refractivity contribution in [3.05, 3.63) is 0 Å². The molecule has 0 amide bonds. The smallest absolute Gasteiger partial charge is 0.0105 e. The fraction of sp³-hybridized carbons (Fsp3) is 1.00. The Morgan fingerprint density at radius 1 is 1.29 bits per heavy atom. The second-order valence-corrected chi connectivity index (χ2v) is 4.98. The number of hydrogen-bond donors (Lipinski definition) is 1. The van der Waals surface area contributed by atoms with Crippen molar-refractivity contribution in [3.63, 3.8) is 0 Å². The molecule has 82 valence electrons. The van der Waals surface area contributed by atoms with Crippen molar-refractivity contribution in [2.45, 2.75) is 51.6 Å². The van der Waals surface area contributed by atoms with Crippen molar-refractivity contribution in [1.82, 2.24) is 10.2 Å². The highest BCUT2D eigenvalue weighted by atomic mass is 15.2. The average Bonchev–Trinajstić information content (AvgIpc) is 2.93. The van der Waals surface area contributed by atoms with E-state index < -0.39 is 0 Å². The summed E-state index contributed by atoms with van der Waals surface area (Å²) in [5, 5.41) is 3.62. The van der Waals surface area contributed by atoms with E-state index in [9.17, 15) is 0 Å². The van der Waals surface area contributed by atoms with Gasteiger partial charge in [-0.3, -0.25) is 0 Å². The molecule has 1 saturated carbocycles. The normalized spacial score (nSPS) is 32.8. The molecule has 14 heavy (non-hydrogen) atoms. The zero-order valence-corrected chi connectivity index (χ0v) is 9.63. The van der Waals surface area contributed by atoms with E-state index in [-0.39, 0.29) is 0 Å². The predicted molar refractivity (Wildman–Crippen MR) is 60.5 cm³/mol. The van der Waals surface area contributed by atoms with E-state index >= 15 is 0 Å². The van der Waals surface area contributed by atoms with Crippen LogP contribution in [-0.2, 0) is 0 Å². The van der Waals surface area contributed by atoms with Gasteiger partial charge in [-0.1, -0.05) is 13.8 Å². The summed E-state index contributed by atoms with van der Waals surface area (Å²) in [6.45, 7) is 8.47. The lowest BCUT2D eigenvalue weighted by atomic mass is 10.0. The SMILES string of the molecule is CCN(CCC1NCCC1C)C1CC1. The summed E-state index contributed by atoms with van der Waals surface area (Å²) in [4.78, 5) is 2.66. The number of nitrogens with zero attached hydrogens (tertiary/aromatic N) is 1. The molecule has 0 aromatic carbocycles. The van der Waals surface area contributed by atoms with Crippen LogP contribution in [0.2, 0.25) is 0 Å². The number of rotatable bonds is 5. The Hall–Kier alpha value is -0.0800. The van der Waals surface area contributed by atoms with Crippen molar-refractivity contribution in [1.29, 1.82) is 0 Å². The Bertz CT molecular complexity index is 175. The van der Waals surface area contributed by atoms with Crippen LogP contribution in [0.25, 0.3) is 0 Å². The van der Waals surface area contributed by atoms with Gasteiger partial charge in [-0.05, 0) is 51.2 Å². The van der Waals surface area contributed by atoms with E-state index in [0.717, 1.165) is 18.0 Å². The molecule has 1 aliphatic heterocycles. The van der Waals surface area contributed by atoms with Crippen LogP contribution >= 0.6 is 0 Å². The zero-order valence-electron chi connectivity index (χ0n) is 9.63. The molecule has 2 atom stereocenters. The summed E-state index contributed by atoms with van der Waals surface area (Å²) in [5.74, 6) is 0.896. The van der Waals surface area contributed by atoms with Crippen molar-refractivity contribution >= 4 is 0 Å². The van der Waals surface area contributed by atoms with Crippen LogP contribution < -0.4 is 5.32 Å². The third-order valence-corrected chi connectivity index (χ3v) is 3.89. The first-order chi connectivity index (χ1) is 6.81. The lowest BCUT2D eigenvalue weighted by Crippen LogP contribution is -2.34. The van der Waals surface area contributed by atoms with Gasteiger partial charge < -0.3 is 10.2 Å². The highest BCUT2D eigenvalue weighted by Gasteiger charge is 2.29. The Morgan fingerprint density at radius 2 is 2.07 bits per heavy atom. The van der Waals surface area contributed by atoms with Crippen molar-refractivity contribution < 1.29 is 0 Å². The molecule has 2 fully saturated rings. The van der Waals surface area contributed by atoms with Gasteiger partial charge >= 0.3 is 0 Å². The standard InChI is InChI=1S/C12H24N2/c1-3-14(11-4-5-11)9-7-12-10(2)6-8-13-12/h10-13H,3-9H2,1-2H3. The average molecular weight is 196 g/mol. The van der Waals surface area contributed by atoms with Gasteiger partial charge in [0, 0.05) is 12.1 Å². The molecule has 0 spiro atoms. The maximum Gasteiger partial charge on any atom is 0.0105 e. The largest absolute Gasteiger partial charge is 0.314 e. The highest BCUT2D eigenvalue weighted by molar-refractivity contribution is 4.86. The van der Waals surface area contributed by atoms with Gasteiger partial charge in [0.2, 0.25) is 0 Å². The third kappa shape index (κ3) is 2.48. The van der Waals surface area contributed by atoms with Crippen LogP contribution in [0.5, 0.6) is 0 Å². The van der Waals surface area contributed by atoms with Crippen LogP contribution in [0.15, 0.2) is 0 Å². The first-order valence-electron chi connectivity index (χ1n) is 6.28. The third-order valence-electron chi connectivity index (χ3n) is 3.89. The molecular weight excluding hydrogens is 172 g/mol. The molecule has 0 bridgehead atoms. The second kappa shape index (κ2) is 4.63. The van der Waals surface area contributed by atoms with Crippen molar-refractivity contribution in [2.75, 3.05) is 19.6 Å². The van der Waals surface area contributed by atoms with Crippen LogP contribution in [0.4, 0.5) is 0 Å². The van der Waals surface area contributed by atoms with Gasteiger partial charge in [-0.2, -0.15) is 0 Å². The number of hydrogen-bond acceptors (Lipinski definition) is 2. The summed E-state index contributed by atoms with van der Waals surface area (Å²) in [5.41, 5.74) is 0. The molecular formula is C12H24N2. The lowest BCUT2D eigenvalue weighted by Gasteiger charge is -2.23. The van der Waals surface area contributed by atoms with Crippen LogP contribution in [-0.4, -0.2) is 36.6 Å².